The topological polar surface area (TPSA) is 67.2 Å². The number of imidazole rings is 1. The second kappa shape index (κ2) is 7.77. The molecule has 1 N–H and O–H groups in total. The van der Waals surface area contributed by atoms with Crippen molar-refractivity contribution in [3.63, 3.8) is 0 Å². The third-order valence-electron chi connectivity index (χ3n) is 4.33. The quantitative estimate of drug-likeness (QED) is 0.828. The van der Waals surface area contributed by atoms with E-state index in [-0.39, 0.29) is 17.7 Å². The van der Waals surface area contributed by atoms with Crippen LogP contribution < -0.4 is 5.32 Å². The summed E-state index contributed by atoms with van der Waals surface area (Å²) in [4.78, 5) is 30.1. The van der Waals surface area contributed by atoms with Gasteiger partial charge in [-0.1, -0.05) is 30.3 Å². The number of nitrogens with zero attached hydrogens (tertiary/aromatic N) is 3. The van der Waals surface area contributed by atoms with Gasteiger partial charge in [-0.2, -0.15) is 0 Å². The number of rotatable bonds is 7. The van der Waals surface area contributed by atoms with E-state index in [1.54, 1.807) is 17.4 Å². The Kier molecular flexibility index (Phi) is 5.25. The summed E-state index contributed by atoms with van der Waals surface area (Å²) in [6.07, 6.45) is 6.42. The van der Waals surface area contributed by atoms with Crippen molar-refractivity contribution in [2.75, 3.05) is 19.6 Å². The zero-order valence-corrected chi connectivity index (χ0v) is 13.6. The summed E-state index contributed by atoms with van der Waals surface area (Å²) in [6, 6.07) is 10.1. The van der Waals surface area contributed by atoms with Crippen molar-refractivity contribution >= 4 is 11.8 Å². The molecule has 1 atom stereocenters. The van der Waals surface area contributed by atoms with E-state index in [1.165, 1.54) is 5.56 Å². The lowest BCUT2D eigenvalue weighted by Crippen LogP contribution is -2.35. The molecule has 24 heavy (non-hydrogen) atoms. The highest BCUT2D eigenvalue weighted by Gasteiger charge is 2.33. The number of aromatic nitrogens is 2. The Hall–Kier alpha value is -2.63. The predicted octanol–water partition coefficient (Wildman–Crippen LogP) is 1.09. The van der Waals surface area contributed by atoms with Gasteiger partial charge in [-0.15, -0.1) is 0 Å². The van der Waals surface area contributed by atoms with E-state index in [4.69, 9.17) is 0 Å². The minimum Gasteiger partial charge on any atom is -0.354 e. The molecule has 1 aromatic carbocycles. The zero-order valence-electron chi connectivity index (χ0n) is 13.6. The summed E-state index contributed by atoms with van der Waals surface area (Å²) in [7, 11) is 0. The molecule has 6 heteroatoms. The number of likely N-dealkylation sites (tertiary alicyclic amines) is 1. The first-order valence-corrected chi connectivity index (χ1v) is 8.27. The fourth-order valence-corrected chi connectivity index (χ4v) is 2.94. The molecule has 1 aromatic heterocycles. The number of carbonyl (C=O) groups is 2. The van der Waals surface area contributed by atoms with Crippen LogP contribution in [0.1, 0.15) is 12.0 Å². The minimum atomic E-state index is -0.240. The molecule has 2 amide bonds. The van der Waals surface area contributed by atoms with Gasteiger partial charge in [0, 0.05) is 45.0 Å². The molecular formula is C18H22N4O2. The van der Waals surface area contributed by atoms with Crippen molar-refractivity contribution in [1.82, 2.24) is 19.8 Å². The van der Waals surface area contributed by atoms with Crippen molar-refractivity contribution in [3.8, 4) is 0 Å². The Morgan fingerprint density at radius 3 is 2.83 bits per heavy atom. The van der Waals surface area contributed by atoms with Crippen molar-refractivity contribution in [3.05, 3.63) is 54.6 Å². The number of nitrogens with one attached hydrogen (secondary N) is 1. The van der Waals surface area contributed by atoms with Gasteiger partial charge in [-0.25, -0.2) is 4.98 Å². The third-order valence-corrected chi connectivity index (χ3v) is 4.33. The summed E-state index contributed by atoms with van der Waals surface area (Å²) < 4.78 is 1.91. The first-order chi connectivity index (χ1) is 11.7. The lowest BCUT2D eigenvalue weighted by atomic mass is 10.1. The molecule has 0 unspecified atom stereocenters. The number of carbonyl (C=O) groups excluding carboxylic acids is 2. The maximum atomic E-state index is 12.2. The molecule has 1 aliphatic heterocycles. The van der Waals surface area contributed by atoms with E-state index < -0.39 is 0 Å². The summed E-state index contributed by atoms with van der Waals surface area (Å²) in [6.45, 7) is 2.41. The normalized spacial score (nSPS) is 17.2. The second-order valence-electron chi connectivity index (χ2n) is 6.07. The van der Waals surface area contributed by atoms with Crippen LogP contribution in [-0.2, 0) is 22.6 Å². The lowest BCUT2D eigenvalue weighted by Gasteiger charge is -2.16. The van der Waals surface area contributed by atoms with Gasteiger partial charge in [-0.3, -0.25) is 9.59 Å². The van der Waals surface area contributed by atoms with Crippen LogP contribution in [0.15, 0.2) is 49.1 Å². The number of benzene rings is 1. The standard InChI is InChI=1S/C18H22N4O2/c23-17-12-16(18(24)20-8-11-21-10-7-19-14-21)13-22(17)9-6-15-4-2-1-3-5-15/h1-5,7,10,14,16H,6,8-9,11-13H2,(H,20,24)/t16-/m0/s1. The summed E-state index contributed by atoms with van der Waals surface area (Å²) in [5.41, 5.74) is 1.21. The van der Waals surface area contributed by atoms with E-state index in [9.17, 15) is 9.59 Å². The van der Waals surface area contributed by atoms with Crippen molar-refractivity contribution in [2.45, 2.75) is 19.4 Å². The van der Waals surface area contributed by atoms with Gasteiger partial charge in [0.2, 0.25) is 11.8 Å². The monoisotopic (exact) mass is 326 g/mol. The SMILES string of the molecule is O=C(NCCn1ccnc1)[C@H]1CC(=O)N(CCc2ccccc2)C1. The van der Waals surface area contributed by atoms with Crippen molar-refractivity contribution < 1.29 is 9.59 Å². The maximum absolute atomic E-state index is 12.2. The second-order valence-corrected chi connectivity index (χ2v) is 6.07. The Balaban J connectivity index is 1.42. The fourth-order valence-electron chi connectivity index (χ4n) is 2.94. The number of hydrogen-bond donors (Lipinski definition) is 1. The minimum absolute atomic E-state index is 0.0364. The van der Waals surface area contributed by atoms with Crippen LogP contribution in [0.25, 0.3) is 0 Å². The molecule has 2 aromatic rings. The van der Waals surface area contributed by atoms with Gasteiger partial charge in [0.05, 0.1) is 12.2 Å². The highest BCUT2D eigenvalue weighted by molar-refractivity contribution is 5.89. The molecule has 1 saturated heterocycles. The van der Waals surface area contributed by atoms with Crippen LogP contribution in [0.2, 0.25) is 0 Å². The molecule has 0 radical (unpaired) electrons. The molecule has 1 fully saturated rings. The molecule has 0 saturated carbocycles. The fraction of sp³-hybridized carbons (Fsp3) is 0.389. The third kappa shape index (κ3) is 4.22. The highest BCUT2D eigenvalue weighted by Crippen LogP contribution is 2.18. The van der Waals surface area contributed by atoms with Crippen LogP contribution in [0, 0.1) is 5.92 Å². The van der Waals surface area contributed by atoms with Crippen LogP contribution >= 0.6 is 0 Å². The first kappa shape index (κ1) is 16.2. The smallest absolute Gasteiger partial charge is 0.225 e. The van der Waals surface area contributed by atoms with E-state index in [0.717, 1.165) is 6.42 Å². The molecule has 6 nitrogen and oxygen atoms in total. The summed E-state index contributed by atoms with van der Waals surface area (Å²) in [5.74, 6) is -0.206. The van der Waals surface area contributed by atoms with E-state index in [2.05, 4.69) is 22.4 Å². The average Bonchev–Trinajstić information content (AvgIpc) is 3.24. The molecule has 2 heterocycles. The van der Waals surface area contributed by atoms with Gasteiger partial charge in [0.1, 0.15) is 0 Å². The number of amides is 2. The van der Waals surface area contributed by atoms with Crippen molar-refractivity contribution in [1.29, 1.82) is 0 Å². The Bertz CT molecular complexity index is 670. The molecule has 0 aliphatic carbocycles. The molecule has 1 aliphatic rings. The summed E-state index contributed by atoms with van der Waals surface area (Å²) >= 11 is 0. The molecule has 126 valence electrons. The van der Waals surface area contributed by atoms with Crippen molar-refractivity contribution in [2.24, 2.45) is 5.92 Å². The molecule has 0 spiro atoms. The van der Waals surface area contributed by atoms with E-state index in [1.807, 2.05) is 29.0 Å². The first-order valence-electron chi connectivity index (χ1n) is 8.27. The van der Waals surface area contributed by atoms with Crippen LogP contribution in [0.3, 0.4) is 0 Å². The maximum Gasteiger partial charge on any atom is 0.225 e. The zero-order chi connectivity index (χ0) is 16.8. The van der Waals surface area contributed by atoms with Gasteiger partial charge >= 0.3 is 0 Å². The molecular weight excluding hydrogens is 304 g/mol. The highest BCUT2D eigenvalue weighted by atomic mass is 16.2. The number of hydrogen-bond acceptors (Lipinski definition) is 3. The largest absolute Gasteiger partial charge is 0.354 e. The Morgan fingerprint density at radius 1 is 1.25 bits per heavy atom. The van der Waals surface area contributed by atoms with Gasteiger partial charge in [-0.05, 0) is 12.0 Å². The van der Waals surface area contributed by atoms with Gasteiger partial charge < -0.3 is 14.8 Å². The average molecular weight is 326 g/mol. The Labute approximate surface area is 141 Å². The van der Waals surface area contributed by atoms with Gasteiger partial charge in [0.25, 0.3) is 0 Å². The van der Waals surface area contributed by atoms with E-state index >= 15 is 0 Å². The summed E-state index contributed by atoms with van der Waals surface area (Å²) in [5, 5.41) is 2.91. The van der Waals surface area contributed by atoms with E-state index in [0.29, 0.717) is 32.6 Å². The van der Waals surface area contributed by atoms with Crippen LogP contribution in [0.5, 0.6) is 0 Å². The van der Waals surface area contributed by atoms with Gasteiger partial charge in [0.15, 0.2) is 0 Å². The molecule has 0 bridgehead atoms. The van der Waals surface area contributed by atoms with Crippen LogP contribution in [-0.4, -0.2) is 45.9 Å². The lowest BCUT2D eigenvalue weighted by molar-refractivity contribution is -0.129. The molecule has 3 rings (SSSR count). The van der Waals surface area contributed by atoms with Crippen LogP contribution in [0.4, 0.5) is 0 Å². The predicted molar refractivity (Wildman–Crippen MR) is 90.1 cm³/mol. The Morgan fingerprint density at radius 2 is 2.08 bits per heavy atom.